The van der Waals surface area contributed by atoms with Gasteiger partial charge in [-0.15, -0.1) is 0 Å². The number of aromatic nitrogens is 1. The summed E-state index contributed by atoms with van der Waals surface area (Å²) in [5, 5.41) is 13.6. The van der Waals surface area contributed by atoms with Gasteiger partial charge >= 0.3 is 4.87 Å². The fourth-order valence-corrected chi connectivity index (χ4v) is 7.71. The number of hydrogen-bond acceptors (Lipinski definition) is 9. The number of nitro benzene ring substituents is 1. The minimum atomic E-state index is -0.802. The van der Waals surface area contributed by atoms with Crippen molar-refractivity contribution in [3.05, 3.63) is 109 Å². The molecule has 0 radical (unpaired) electrons. The average Bonchev–Trinajstić information content (AvgIpc) is 3.46. The van der Waals surface area contributed by atoms with Crippen molar-refractivity contribution in [3.63, 3.8) is 0 Å². The van der Waals surface area contributed by atoms with Crippen LogP contribution in [0, 0.1) is 23.0 Å². The van der Waals surface area contributed by atoms with Crippen molar-refractivity contribution >= 4 is 57.9 Å². The van der Waals surface area contributed by atoms with Crippen LogP contribution in [0.2, 0.25) is 0 Å². The number of fused-ring (bicyclic) bond motifs is 2. The number of ether oxygens (including phenoxy) is 1. The smallest absolute Gasteiger partial charge is 0.305 e. The topological polar surface area (TPSA) is 152 Å². The van der Waals surface area contributed by atoms with Crippen LogP contribution in [0.25, 0.3) is 0 Å². The molecule has 2 N–H and O–H groups in total. The molecule has 4 aromatic rings. The van der Waals surface area contributed by atoms with E-state index in [-0.39, 0.29) is 28.8 Å². The quantitative estimate of drug-likeness (QED) is 0.179. The summed E-state index contributed by atoms with van der Waals surface area (Å²) in [6.45, 7) is 1.72. The van der Waals surface area contributed by atoms with Gasteiger partial charge in [0.1, 0.15) is 11.0 Å². The number of nitrogens with zero attached hydrogens (tertiary/aromatic N) is 2. The first-order valence-electron chi connectivity index (χ1n) is 12.8. The van der Waals surface area contributed by atoms with Crippen LogP contribution in [0.5, 0.6) is 5.75 Å². The highest BCUT2D eigenvalue weighted by atomic mass is 32.2. The maximum absolute atomic E-state index is 13.8. The third kappa shape index (κ3) is 5.08. The zero-order chi connectivity index (χ0) is 29.5. The molecule has 1 saturated heterocycles. The fourth-order valence-electron chi connectivity index (χ4n) is 5.19. The first-order chi connectivity index (χ1) is 20.2. The molecule has 0 spiro atoms. The van der Waals surface area contributed by atoms with Crippen molar-refractivity contribution in [2.75, 3.05) is 16.8 Å². The highest BCUT2D eigenvalue weighted by Gasteiger charge is 2.56. The molecule has 1 fully saturated rings. The standard InChI is InChI=1S/C29H22N4O7S2/c1-15-3-2-4-17(13-15)30-21(34)14-40-20-11-5-16(6-12-20)22-23-25(41-26-24(22)42-29(37)31-26)28(36)32(27(23)35)18-7-9-19(10-8-18)33(38)39/h2-13,22-23,25H,14H2,1H3,(H,30,34)(H,31,37)/t22-,23?,25?/m1/s1. The zero-order valence-corrected chi connectivity index (χ0v) is 23.6. The Kier molecular flexibility index (Phi) is 7.12. The number of hydrogen-bond donors (Lipinski definition) is 2. The molecule has 3 amide bonds. The number of benzene rings is 3. The largest absolute Gasteiger partial charge is 0.484 e. The number of aryl methyl sites for hydroxylation is 1. The number of carbonyl (C=O) groups is 3. The molecule has 3 aromatic carbocycles. The van der Waals surface area contributed by atoms with E-state index >= 15 is 0 Å². The predicted molar refractivity (Wildman–Crippen MR) is 157 cm³/mol. The van der Waals surface area contributed by atoms with Crippen molar-refractivity contribution in [2.45, 2.75) is 23.1 Å². The molecule has 2 aliphatic heterocycles. The fraction of sp³-hybridized carbons (Fsp3) is 0.172. The number of amides is 3. The van der Waals surface area contributed by atoms with Crippen molar-refractivity contribution in [3.8, 4) is 5.75 Å². The highest BCUT2D eigenvalue weighted by molar-refractivity contribution is 8.00. The molecule has 2 aliphatic rings. The lowest BCUT2D eigenvalue weighted by atomic mass is 9.83. The summed E-state index contributed by atoms with van der Waals surface area (Å²) in [5.41, 5.74) is 2.47. The van der Waals surface area contributed by atoms with Crippen LogP contribution >= 0.6 is 23.1 Å². The number of non-ortho nitro benzene ring substituents is 1. The van der Waals surface area contributed by atoms with Gasteiger partial charge in [-0.3, -0.25) is 29.3 Å². The van der Waals surface area contributed by atoms with Gasteiger partial charge in [0.05, 0.1) is 21.6 Å². The Bertz CT molecular complexity index is 1780. The summed E-state index contributed by atoms with van der Waals surface area (Å²) in [7, 11) is 0. The van der Waals surface area contributed by atoms with Gasteiger partial charge in [-0.2, -0.15) is 0 Å². The lowest BCUT2D eigenvalue weighted by Crippen LogP contribution is -2.32. The van der Waals surface area contributed by atoms with Crippen LogP contribution < -0.4 is 19.8 Å². The van der Waals surface area contributed by atoms with Crippen LogP contribution in [0.4, 0.5) is 17.1 Å². The number of thioether (sulfide) groups is 1. The lowest BCUT2D eigenvalue weighted by molar-refractivity contribution is -0.384. The normalized spacial score (nSPS) is 19.3. The number of aromatic amines is 1. The highest BCUT2D eigenvalue weighted by Crippen LogP contribution is 2.53. The van der Waals surface area contributed by atoms with E-state index in [1.54, 1.807) is 30.3 Å². The van der Waals surface area contributed by atoms with Crippen LogP contribution in [-0.2, 0) is 14.4 Å². The van der Waals surface area contributed by atoms with Gasteiger partial charge in [0, 0.05) is 28.6 Å². The summed E-state index contributed by atoms with van der Waals surface area (Å²) in [6, 6.07) is 19.5. The first kappa shape index (κ1) is 27.4. The molecule has 3 atom stereocenters. The van der Waals surface area contributed by atoms with E-state index in [4.69, 9.17) is 4.74 Å². The van der Waals surface area contributed by atoms with Crippen molar-refractivity contribution < 1.29 is 24.0 Å². The van der Waals surface area contributed by atoms with Crippen LogP contribution in [0.15, 0.2) is 82.6 Å². The van der Waals surface area contributed by atoms with E-state index in [0.717, 1.165) is 33.6 Å². The number of rotatable bonds is 7. The number of imide groups is 1. The van der Waals surface area contributed by atoms with E-state index in [1.807, 2.05) is 25.1 Å². The molecule has 0 bridgehead atoms. The minimum absolute atomic E-state index is 0.155. The molecule has 2 unspecified atom stereocenters. The van der Waals surface area contributed by atoms with E-state index < -0.39 is 33.8 Å². The summed E-state index contributed by atoms with van der Waals surface area (Å²) >= 11 is 2.14. The Balaban J connectivity index is 1.24. The maximum Gasteiger partial charge on any atom is 0.305 e. The Labute approximate surface area is 246 Å². The average molecular weight is 603 g/mol. The number of anilines is 2. The molecule has 0 saturated carbocycles. The first-order valence-corrected chi connectivity index (χ1v) is 14.5. The maximum atomic E-state index is 13.8. The number of H-pyrrole nitrogens is 1. The molecular weight excluding hydrogens is 580 g/mol. The monoisotopic (exact) mass is 602 g/mol. The minimum Gasteiger partial charge on any atom is -0.484 e. The number of carbonyl (C=O) groups excluding carboxylic acids is 3. The Morgan fingerprint density at radius 3 is 2.48 bits per heavy atom. The molecule has 13 heteroatoms. The molecule has 212 valence electrons. The molecule has 42 heavy (non-hydrogen) atoms. The lowest BCUT2D eigenvalue weighted by Gasteiger charge is -2.29. The van der Waals surface area contributed by atoms with Gasteiger partial charge in [0.2, 0.25) is 11.8 Å². The third-order valence-corrected chi connectivity index (χ3v) is 9.45. The Morgan fingerprint density at radius 1 is 1.05 bits per heavy atom. The molecule has 11 nitrogen and oxygen atoms in total. The van der Waals surface area contributed by atoms with Gasteiger partial charge in [0.15, 0.2) is 6.61 Å². The Morgan fingerprint density at radius 2 is 1.79 bits per heavy atom. The summed E-state index contributed by atoms with van der Waals surface area (Å²) in [6.07, 6.45) is 0. The third-order valence-electron chi connectivity index (χ3n) is 7.05. The summed E-state index contributed by atoms with van der Waals surface area (Å²) in [5.74, 6) is -2.18. The van der Waals surface area contributed by atoms with E-state index in [2.05, 4.69) is 10.3 Å². The molecule has 0 aliphatic carbocycles. The summed E-state index contributed by atoms with van der Waals surface area (Å²) in [4.78, 5) is 66.7. The second-order valence-electron chi connectivity index (χ2n) is 9.81. The van der Waals surface area contributed by atoms with Crippen molar-refractivity contribution in [1.29, 1.82) is 0 Å². The number of nitro groups is 1. The van der Waals surface area contributed by atoms with Gasteiger partial charge in [-0.25, -0.2) is 4.90 Å². The van der Waals surface area contributed by atoms with Gasteiger partial charge in [-0.05, 0) is 54.4 Å². The second-order valence-corrected chi connectivity index (χ2v) is 12.0. The van der Waals surface area contributed by atoms with E-state index in [1.165, 1.54) is 24.3 Å². The zero-order valence-electron chi connectivity index (χ0n) is 21.9. The van der Waals surface area contributed by atoms with Crippen LogP contribution in [0.1, 0.15) is 21.9 Å². The van der Waals surface area contributed by atoms with Gasteiger partial charge < -0.3 is 15.0 Å². The van der Waals surface area contributed by atoms with Crippen LogP contribution in [0.3, 0.4) is 0 Å². The molecule has 1 aromatic heterocycles. The Hall–Kier alpha value is -4.75. The predicted octanol–water partition coefficient (Wildman–Crippen LogP) is 4.47. The van der Waals surface area contributed by atoms with E-state index in [0.29, 0.717) is 26.9 Å². The van der Waals surface area contributed by atoms with Gasteiger partial charge in [0.25, 0.3) is 11.6 Å². The van der Waals surface area contributed by atoms with Crippen LogP contribution in [-0.4, -0.2) is 39.5 Å². The summed E-state index contributed by atoms with van der Waals surface area (Å²) < 4.78 is 5.67. The molecule has 3 heterocycles. The number of nitrogens with one attached hydrogen (secondary N) is 2. The van der Waals surface area contributed by atoms with Crippen molar-refractivity contribution in [2.24, 2.45) is 5.92 Å². The second kappa shape index (κ2) is 10.9. The van der Waals surface area contributed by atoms with Crippen molar-refractivity contribution in [1.82, 2.24) is 4.98 Å². The molecular formula is C29H22N4O7S2. The van der Waals surface area contributed by atoms with E-state index in [9.17, 15) is 29.3 Å². The molecule has 6 rings (SSSR count). The number of thiazole rings is 1. The SMILES string of the molecule is Cc1cccc(NC(=O)COc2ccc([C@H]3c4sc(=O)[nH]c4SC4C(=O)N(c5ccc([N+](=O)[O-])cc5)C(=O)C43)cc2)c1. The van der Waals surface area contributed by atoms with Gasteiger partial charge in [-0.1, -0.05) is 47.4 Å².